The van der Waals surface area contributed by atoms with Crippen molar-refractivity contribution >= 4 is 28.6 Å². The zero-order chi connectivity index (χ0) is 11.8. The summed E-state index contributed by atoms with van der Waals surface area (Å²) >= 11 is 2.44. The number of alkyl halides is 1. The topological polar surface area (TPSA) is 61.9 Å². The van der Waals surface area contributed by atoms with Crippen molar-refractivity contribution in [2.24, 2.45) is 11.1 Å². The SMILES string of the molecule is CC(C)(I)C(C)(C)C(C)(C)NC(=N)N. The minimum absolute atomic E-state index is 0.0201. The molecule has 0 amide bonds. The molecule has 14 heavy (non-hydrogen) atoms. The van der Waals surface area contributed by atoms with Crippen molar-refractivity contribution in [3.05, 3.63) is 0 Å². The fourth-order valence-electron chi connectivity index (χ4n) is 1.24. The Bertz CT molecular complexity index is 226. The van der Waals surface area contributed by atoms with Gasteiger partial charge in [-0.25, -0.2) is 0 Å². The lowest BCUT2D eigenvalue weighted by Gasteiger charge is -2.49. The van der Waals surface area contributed by atoms with E-state index in [9.17, 15) is 0 Å². The van der Waals surface area contributed by atoms with Gasteiger partial charge in [0.05, 0.1) is 0 Å². The Kier molecular flexibility index (Phi) is 3.87. The number of guanidine groups is 1. The van der Waals surface area contributed by atoms with E-state index in [4.69, 9.17) is 11.1 Å². The van der Waals surface area contributed by atoms with Crippen LogP contribution in [-0.2, 0) is 0 Å². The summed E-state index contributed by atoms with van der Waals surface area (Å²) in [7, 11) is 0. The summed E-state index contributed by atoms with van der Waals surface area (Å²) in [5, 5.41) is 10.3. The highest BCUT2D eigenvalue weighted by molar-refractivity contribution is 14.1. The summed E-state index contributed by atoms with van der Waals surface area (Å²) in [6.07, 6.45) is 0. The van der Waals surface area contributed by atoms with Crippen LogP contribution in [0.5, 0.6) is 0 Å². The maximum atomic E-state index is 7.30. The molecule has 0 aromatic carbocycles. The van der Waals surface area contributed by atoms with E-state index in [0.29, 0.717) is 0 Å². The molecule has 4 heteroatoms. The molecule has 3 nitrogen and oxygen atoms in total. The summed E-state index contributed by atoms with van der Waals surface area (Å²) in [6.45, 7) is 12.9. The number of nitrogens with one attached hydrogen (secondary N) is 2. The fraction of sp³-hybridized carbons (Fsp3) is 0.900. The summed E-state index contributed by atoms with van der Waals surface area (Å²) in [6, 6.07) is 0. The van der Waals surface area contributed by atoms with Gasteiger partial charge in [0.25, 0.3) is 0 Å². The summed E-state index contributed by atoms with van der Waals surface area (Å²) in [4.78, 5) is 0. The highest BCUT2D eigenvalue weighted by atomic mass is 127. The number of hydrogen-bond donors (Lipinski definition) is 3. The van der Waals surface area contributed by atoms with Crippen LogP contribution < -0.4 is 11.1 Å². The Morgan fingerprint density at radius 1 is 1.14 bits per heavy atom. The molecule has 0 aliphatic heterocycles. The smallest absolute Gasteiger partial charge is 0.186 e. The van der Waals surface area contributed by atoms with Crippen LogP contribution in [0.4, 0.5) is 0 Å². The van der Waals surface area contributed by atoms with E-state index in [1.54, 1.807) is 0 Å². The zero-order valence-corrected chi connectivity index (χ0v) is 12.1. The van der Waals surface area contributed by atoms with Crippen LogP contribution >= 0.6 is 22.6 Å². The summed E-state index contributed by atoms with van der Waals surface area (Å²) in [5.74, 6) is 0.0312. The molecule has 4 N–H and O–H groups in total. The molecule has 0 saturated heterocycles. The van der Waals surface area contributed by atoms with Gasteiger partial charge in [0, 0.05) is 14.4 Å². The standard InChI is InChI=1S/C10H22IN3/c1-8(2,9(3,4)11)10(5,6)14-7(12)13/h1-6H3,(H4,12,13,14). The van der Waals surface area contributed by atoms with E-state index in [-0.39, 0.29) is 20.3 Å². The number of halogens is 1. The molecule has 0 aromatic heterocycles. The maximum Gasteiger partial charge on any atom is 0.186 e. The Morgan fingerprint density at radius 2 is 1.50 bits per heavy atom. The second-order valence-corrected chi connectivity index (χ2v) is 7.96. The summed E-state index contributed by atoms with van der Waals surface area (Å²) < 4.78 is 0.122. The highest BCUT2D eigenvalue weighted by Crippen LogP contribution is 2.45. The second kappa shape index (κ2) is 3.87. The molecule has 0 unspecified atom stereocenters. The summed E-state index contributed by atoms with van der Waals surface area (Å²) in [5.41, 5.74) is 5.20. The average Bonchev–Trinajstić information content (AvgIpc) is 1.80. The van der Waals surface area contributed by atoms with Gasteiger partial charge in [0.1, 0.15) is 0 Å². The number of nitrogens with two attached hydrogens (primary N) is 1. The van der Waals surface area contributed by atoms with Crippen molar-refractivity contribution < 1.29 is 0 Å². The lowest BCUT2D eigenvalue weighted by Crippen LogP contribution is -2.60. The molecule has 84 valence electrons. The predicted octanol–water partition coefficient (Wildman–Crippen LogP) is 2.49. The van der Waals surface area contributed by atoms with Gasteiger partial charge in [-0.3, -0.25) is 5.41 Å². The first-order chi connectivity index (χ1) is 5.92. The van der Waals surface area contributed by atoms with Crippen LogP contribution in [0.15, 0.2) is 0 Å². The van der Waals surface area contributed by atoms with Crippen molar-refractivity contribution in [2.45, 2.75) is 50.5 Å². The van der Waals surface area contributed by atoms with Crippen molar-refractivity contribution in [3.8, 4) is 0 Å². The Morgan fingerprint density at radius 3 is 1.71 bits per heavy atom. The van der Waals surface area contributed by atoms with Gasteiger partial charge >= 0.3 is 0 Å². The Hall–Kier alpha value is 0. The molecule has 0 aliphatic carbocycles. The molecule has 0 bridgehead atoms. The normalized spacial score (nSPS) is 13.9. The third-order valence-electron chi connectivity index (χ3n) is 3.50. The van der Waals surface area contributed by atoms with E-state index >= 15 is 0 Å². The average molecular weight is 311 g/mol. The van der Waals surface area contributed by atoms with E-state index < -0.39 is 0 Å². The first-order valence-corrected chi connectivity index (χ1v) is 5.81. The largest absolute Gasteiger partial charge is 0.370 e. The zero-order valence-electron chi connectivity index (χ0n) is 9.96. The second-order valence-electron chi connectivity index (χ2n) is 5.26. The van der Waals surface area contributed by atoms with Gasteiger partial charge in [-0.1, -0.05) is 50.3 Å². The minimum Gasteiger partial charge on any atom is -0.370 e. The lowest BCUT2D eigenvalue weighted by atomic mass is 9.67. The van der Waals surface area contributed by atoms with Gasteiger partial charge in [0.15, 0.2) is 5.96 Å². The first kappa shape index (κ1) is 14.0. The van der Waals surface area contributed by atoms with Crippen molar-refractivity contribution in [1.82, 2.24) is 5.32 Å². The van der Waals surface area contributed by atoms with Crippen molar-refractivity contribution in [2.75, 3.05) is 0 Å². The van der Waals surface area contributed by atoms with E-state index in [1.165, 1.54) is 0 Å². The molecule has 0 rings (SSSR count). The van der Waals surface area contributed by atoms with Gasteiger partial charge in [-0.05, 0) is 13.8 Å². The van der Waals surface area contributed by atoms with Gasteiger partial charge in [-0.15, -0.1) is 0 Å². The number of rotatable bonds is 3. The van der Waals surface area contributed by atoms with Crippen molar-refractivity contribution in [3.63, 3.8) is 0 Å². The molecule has 0 aromatic rings. The quantitative estimate of drug-likeness (QED) is 0.324. The predicted molar refractivity (Wildman–Crippen MR) is 71.0 cm³/mol. The van der Waals surface area contributed by atoms with Crippen molar-refractivity contribution in [1.29, 1.82) is 5.41 Å². The van der Waals surface area contributed by atoms with E-state index in [1.807, 2.05) is 0 Å². The molecule has 0 spiro atoms. The molecular formula is C10H22IN3. The monoisotopic (exact) mass is 311 g/mol. The molecule has 0 saturated carbocycles. The first-order valence-electron chi connectivity index (χ1n) is 4.73. The number of hydrogen-bond acceptors (Lipinski definition) is 1. The van der Waals surface area contributed by atoms with Crippen LogP contribution in [-0.4, -0.2) is 14.9 Å². The fourth-order valence-corrected chi connectivity index (χ4v) is 1.91. The minimum atomic E-state index is -0.205. The van der Waals surface area contributed by atoms with Crippen LogP contribution in [0.2, 0.25) is 0 Å². The Balaban J connectivity index is 4.97. The highest BCUT2D eigenvalue weighted by Gasteiger charge is 2.46. The molecule has 0 atom stereocenters. The third kappa shape index (κ3) is 2.74. The lowest BCUT2D eigenvalue weighted by molar-refractivity contribution is 0.143. The maximum absolute atomic E-state index is 7.30. The molecule has 0 heterocycles. The molecular weight excluding hydrogens is 289 g/mol. The van der Waals surface area contributed by atoms with Gasteiger partial charge in [0.2, 0.25) is 0 Å². The van der Waals surface area contributed by atoms with Gasteiger partial charge < -0.3 is 11.1 Å². The molecule has 0 aliphatic rings. The van der Waals surface area contributed by atoms with Crippen LogP contribution in [0.1, 0.15) is 41.5 Å². The van der Waals surface area contributed by atoms with Crippen LogP contribution in [0.3, 0.4) is 0 Å². The van der Waals surface area contributed by atoms with E-state index in [2.05, 4.69) is 69.5 Å². The van der Waals surface area contributed by atoms with Crippen LogP contribution in [0, 0.1) is 10.8 Å². The van der Waals surface area contributed by atoms with Gasteiger partial charge in [-0.2, -0.15) is 0 Å². The molecule has 0 fully saturated rings. The van der Waals surface area contributed by atoms with Crippen LogP contribution in [0.25, 0.3) is 0 Å². The Labute approximate surface area is 101 Å². The van der Waals surface area contributed by atoms with E-state index in [0.717, 1.165) is 0 Å². The third-order valence-corrected chi connectivity index (χ3v) is 4.84. The molecule has 0 radical (unpaired) electrons.